The van der Waals surface area contributed by atoms with Crippen molar-refractivity contribution >= 4 is 11.7 Å². The minimum atomic E-state index is -0.754. The lowest BCUT2D eigenvalue weighted by atomic mass is 10.1. The van der Waals surface area contributed by atoms with Crippen LogP contribution in [0.5, 0.6) is 5.75 Å². The summed E-state index contributed by atoms with van der Waals surface area (Å²) < 4.78 is 20.4. The van der Waals surface area contributed by atoms with Crippen LogP contribution in [-0.4, -0.2) is 34.6 Å². The van der Waals surface area contributed by atoms with Gasteiger partial charge in [-0.2, -0.15) is 5.10 Å². The monoisotopic (exact) mass is 381 g/mol. The molecule has 0 unspecified atom stereocenters. The van der Waals surface area contributed by atoms with Crippen molar-refractivity contribution in [2.45, 2.75) is 13.8 Å². The molecule has 0 aliphatic heterocycles. The molecule has 7 heteroatoms. The van der Waals surface area contributed by atoms with Crippen molar-refractivity contribution < 1.29 is 18.7 Å². The number of aryl methyl sites for hydroxylation is 1. The first-order valence-electron chi connectivity index (χ1n) is 8.80. The maximum Gasteiger partial charge on any atom is 0.292 e. The fourth-order valence-corrected chi connectivity index (χ4v) is 2.87. The summed E-state index contributed by atoms with van der Waals surface area (Å²) in [5.74, 6) is -1.80. The number of hydrogen-bond donors (Lipinski definition) is 1. The first-order chi connectivity index (χ1) is 13.5. The Labute approximate surface area is 161 Å². The van der Waals surface area contributed by atoms with E-state index in [1.165, 1.54) is 12.1 Å². The number of amides is 1. The molecular weight excluding hydrogens is 361 g/mol. The quantitative estimate of drug-likeness (QED) is 0.388. The third kappa shape index (κ3) is 4.09. The van der Waals surface area contributed by atoms with Gasteiger partial charge in [-0.3, -0.25) is 9.59 Å². The summed E-state index contributed by atoms with van der Waals surface area (Å²) in [6, 6.07) is 15.4. The molecule has 2 aromatic carbocycles. The van der Waals surface area contributed by atoms with Crippen LogP contribution in [0.2, 0.25) is 0 Å². The zero-order valence-corrected chi connectivity index (χ0v) is 15.6. The number of Topliss-reactive ketones (excluding diaryl/α,β-unsaturated/α-hetero) is 1. The van der Waals surface area contributed by atoms with Gasteiger partial charge in [0.25, 0.3) is 11.7 Å². The second kappa shape index (κ2) is 8.47. The summed E-state index contributed by atoms with van der Waals surface area (Å²) in [6.45, 7) is 3.55. The minimum absolute atomic E-state index is 0.0429. The highest BCUT2D eigenvalue weighted by Crippen LogP contribution is 2.18. The number of aromatic nitrogens is 2. The Kier molecular flexibility index (Phi) is 5.84. The van der Waals surface area contributed by atoms with Gasteiger partial charge in [-0.15, -0.1) is 0 Å². The lowest BCUT2D eigenvalue weighted by Gasteiger charge is -2.08. The summed E-state index contributed by atoms with van der Waals surface area (Å²) in [7, 11) is 0. The number of hydrogen-bond acceptors (Lipinski definition) is 4. The highest BCUT2D eigenvalue weighted by molar-refractivity contribution is 6.43. The van der Waals surface area contributed by atoms with Gasteiger partial charge >= 0.3 is 0 Å². The van der Waals surface area contributed by atoms with Crippen molar-refractivity contribution in [3.05, 3.63) is 77.4 Å². The molecule has 1 N–H and O–H groups in total. The minimum Gasteiger partial charge on any atom is -0.489 e. The van der Waals surface area contributed by atoms with Crippen molar-refractivity contribution in [2.75, 3.05) is 13.2 Å². The predicted molar refractivity (Wildman–Crippen MR) is 102 cm³/mol. The Morgan fingerprint density at radius 1 is 1.07 bits per heavy atom. The Balaban J connectivity index is 1.63. The summed E-state index contributed by atoms with van der Waals surface area (Å²) in [5.41, 5.74) is 2.15. The summed E-state index contributed by atoms with van der Waals surface area (Å²) >= 11 is 0. The molecule has 1 aromatic heterocycles. The molecule has 0 atom stereocenters. The Bertz CT molecular complexity index is 999. The molecule has 0 bridgehead atoms. The first kappa shape index (κ1) is 19.3. The van der Waals surface area contributed by atoms with Crippen LogP contribution in [0.4, 0.5) is 4.39 Å². The average molecular weight is 381 g/mol. The molecule has 0 aliphatic carbocycles. The molecule has 3 aromatic rings. The highest BCUT2D eigenvalue weighted by Gasteiger charge is 2.24. The second-order valence-electron chi connectivity index (χ2n) is 6.16. The smallest absolute Gasteiger partial charge is 0.292 e. The second-order valence-corrected chi connectivity index (χ2v) is 6.16. The fourth-order valence-electron chi connectivity index (χ4n) is 2.87. The zero-order valence-electron chi connectivity index (χ0n) is 15.6. The van der Waals surface area contributed by atoms with E-state index < -0.39 is 17.5 Å². The Morgan fingerprint density at radius 2 is 1.75 bits per heavy atom. The van der Waals surface area contributed by atoms with Crippen LogP contribution in [0.1, 0.15) is 21.7 Å². The number of ether oxygens (including phenoxy) is 1. The van der Waals surface area contributed by atoms with Gasteiger partial charge in [0.15, 0.2) is 11.6 Å². The molecule has 0 radical (unpaired) electrons. The van der Waals surface area contributed by atoms with Gasteiger partial charge in [0.2, 0.25) is 0 Å². The summed E-state index contributed by atoms with van der Waals surface area (Å²) in [5, 5.41) is 6.88. The summed E-state index contributed by atoms with van der Waals surface area (Å²) in [4.78, 5) is 24.8. The van der Waals surface area contributed by atoms with E-state index >= 15 is 0 Å². The topological polar surface area (TPSA) is 73.2 Å². The number of carbonyl (C=O) groups is 2. The van der Waals surface area contributed by atoms with E-state index in [1.54, 1.807) is 30.7 Å². The lowest BCUT2D eigenvalue weighted by molar-refractivity contribution is -0.117. The van der Waals surface area contributed by atoms with Crippen molar-refractivity contribution in [3.8, 4) is 11.4 Å². The number of rotatable bonds is 7. The molecule has 1 amide bonds. The largest absolute Gasteiger partial charge is 0.489 e. The van der Waals surface area contributed by atoms with E-state index in [2.05, 4.69) is 10.4 Å². The number of carbonyl (C=O) groups excluding carboxylic acids is 2. The number of nitrogens with zero attached hydrogens (tertiary/aromatic N) is 2. The number of benzene rings is 2. The lowest BCUT2D eigenvalue weighted by Crippen LogP contribution is -2.34. The van der Waals surface area contributed by atoms with Crippen molar-refractivity contribution in [1.82, 2.24) is 15.1 Å². The highest BCUT2D eigenvalue weighted by atomic mass is 19.1. The number of nitrogens with one attached hydrogen (secondary N) is 1. The van der Waals surface area contributed by atoms with E-state index in [0.717, 1.165) is 5.69 Å². The van der Waals surface area contributed by atoms with E-state index in [4.69, 9.17) is 4.74 Å². The fraction of sp³-hybridized carbons (Fsp3) is 0.190. The van der Waals surface area contributed by atoms with Crippen LogP contribution in [0.15, 0.2) is 54.6 Å². The summed E-state index contributed by atoms with van der Waals surface area (Å²) in [6.07, 6.45) is 0. The van der Waals surface area contributed by atoms with Gasteiger partial charge in [-0.25, -0.2) is 9.07 Å². The number of halogens is 1. The van der Waals surface area contributed by atoms with Gasteiger partial charge < -0.3 is 10.1 Å². The maximum absolute atomic E-state index is 13.5. The molecule has 0 aliphatic rings. The van der Waals surface area contributed by atoms with E-state index in [9.17, 15) is 14.0 Å². The van der Waals surface area contributed by atoms with Gasteiger partial charge in [0, 0.05) is 0 Å². The van der Waals surface area contributed by atoms with Gasteiger partial charge in [0.05, 0.1) is 29.2 Å². The van der Waals surface area contributed by atoms with Crippen LogP contribution in [-0.2, 0) is 4.79 Å². The molecule has 0 fully saturated rings. The molecule has 0 saturated heterocycles. The number of ketones is 1. The van der Waals surface area contributed by atoms with Crippen LogP contribution in [0, 0.1) is 19.7 Å². The van der Waals surface area contributed by atoms with Crippen molar-refractivity contribution in [2.24, 2.45) is 0 Å². The molecular formula is C21H20FN3O3. The SMILES string of the molecule is Cc1nn(-c2ccccc2)c(C)c1C(=O)C(=O)NCCOc1ccccc1F. The van der Waals surface area contributed by atoms with Crippen molar-refractivity contribution in [3.63, 3.8) is 0 Å². The first-order valence-corrected chi connectivity index (χ1v) is 8.80. The standard InChI is InChI=1S/C21H20FN3O3/c1-14-19(15(2)25(24-14)16-8-4-3-5-9-16)20(26)21(27)23-12-13-28-18-11-7-6-10-17(18)22/h3-11H,12-13H2,1-2H3,(H,23,27). The molecule has 144 valence electrons. The molecule has 28 heavy (non-hydrogen) atoms. The van der Waals surface area contributed by atoms with E-state index in [0.29, 0.717) is 11.4 Å². The normalized spacial score (nSPS) is 10.5. The van der Waals surface area contributed by atoms with Crippen molar-refractivity contribution in [1.29, 1.82) is 0 Å². The Hall–Kier alpha value is -3.48. The average Bonchev–Trinajstić information content (AvgIpc) is 3.00. The van der Waals surface area contributed by atoms with Crippen LogP contribution < -0.4 is 10.1 Å². The van der Waals surface area contributed by atoms with Gasteiger partial charge in [-0.1, -0.05) is 30.3 Å². The third-order valence-electron chi connectivity index (χ3n) is 4.21. The predicted octanol–water partition coefficient (Wildman–Crippen LogP) is 3.01. The Morgan fingerprint density at radius 3 is 2.46 bits per heavy atom. The molecule has 3 rings (SSSR count). The molecule has 0 saturated carbocycles. The van der Waals surface area contributed by atoms with Crippen LogP contribution in [0.25, 0.3) is 5.69 Å². The van der Waals surface area contributed by atoms with Gasteiger partial charge in [-0.05, 0) is 38.1 Å². The molecule has 1 heterocycles. The maximum atomic E-state index is 13.5. The molecule has 6 nitrogen and oxygen atoms in total. The number of para-hydroxylation sites is 2. The van der Waals surface area contributed by atoms with E-state index in [1.807, 2.05) is 30.3 Å². The van der Waals surface area contributed by atoms with E-state index in [-0.39, 0.29) is 24.5 Å². The molecule has 0 spiro atoms. The van der Waals surface area contributed by atoms with Gasteiger partial charge in [0.1, 0.15) is 6.61 Å². The van der Waals surface area contributed by atoms with Crippen LogP contribution >= 0.6 is 0 Å². The van der Waals surface area contributed by atoms with Crippen LogP contribution in [0.3, 0.4) is 0 Å². The zero-order chi connectivity index (χ0) is 20.1. The third-order valence-corrected chi connectivity index (χ3v) is 4.21.